The van der Waals surface area contributed by atoms with Crippen molar-refractivity contribution in [3.63, 3.8) is 0 Å². The molecule has 0 aliphatic carbocycles. The van der Waals surface area contributed by atoms with Gasteiger partial charge >= 0.3 is 0 Å². The number of hydrogen-bond donors (Lipinski definition) is 2. The van der Waals surface area contributed by atoms with Crippen molar-refractivity contribution in [2.45, 2.75) is 6.04 Å². The molecule has 1 atom stereocenters. The van der Waals surface area contributed by atoms with Crippen LogP contribution in [-0.2, 0) is 4.79 Å². The van der Waals surface area contributed by atoms with Crippen LogP contribution in [0.15, 0.2) is 84.5 Å². The van der Waals surface area contributed by atoms with E-state index in [9.17, 15) is 14.3 Å². The topological polar surface area (TPSA) is 80.0 Å². The predicted octanol–water partition coefficient (Wildman–Crippen LogP) is 5.23. The molecule has 0 aliphatic heterocycles. The van der Waals surface area contributed by atoms with Gasteiger partial charge in [-0.3, -0.25) is 14.8 Å². The lowest BCUT2D eigenvalue weighted by atomic mass is 10.0. The molecule has 0 saturated heterocycles. The van der Waals surface area contributed by atoms with Crippen molar-refractivity contribution in [2.24, 2.45) is 0 Å². The summed E-state index contributed by atoms with van der Waals surface area (Å²) in [4.78, 5) is 17.4. The quantitative estimate of drug-likeness (QED) is 0.389. The van der Waals surface area contributed by atoms with Crippen LogP contribution >= 0.6 is 11.3 Å². The number of aromatic nitrogens is 3. The molecule has 6 nitrogen and oxygen atoms in total. The molecule has 0 unspecified atom stereocenters. The van der Waals surface area contributed by atoms with Gasteiger partial charge in [-0.15, -0.1) is 11.3 Å². The van der Waals surface area contributed by atoms with Gasteiger partial charge < -0.3 is 5.11 Å². The molecule has 5 aromatic rings. The van der Waals surface area contributed by atoms with E-state index in [1.165, 1.54) is 22.1 Å². The number of nitrogens with one attached hydrogen (secondary N) is 1. The first-order valence-corrected chi connectivity index (χ1v) is 10.7. The Morgan fingerprint density at radius 1 is 1.09 bits per heavy atom. The van der Waals surface area contributed by atoms with Crippen LogP contribution in [0.2, 0.25) is 0 Å². The minimum atomic E-state index is -1.11. The molecule has 2 aromatic heterocycles. The largest absolute Gasteiger partial charge is 0.508 e. The Kier molecular flexibility index (Phi) is 5.12. The zero-order valence-corrected chi connectivity index (χ0v) is 17.5. The van der Waals surface area contributed by atoms with Crippen molar-refractivity contribution in [2.75, 3.05) is 5.32 Å². The number of anilines is 1. The number of nitrogens with zero attached hydrogens (tertiary/aromatic N) is 3. The Hall–Kier alpha value is -4.04. The summed E-state index contributed by atoms with van der Waals surface area (Å²) in [6.45, 7) is 0. The van der Waals surface area contributed by atoms with Gasteiger partial charge in [0, 0.05) is 34.3 Å². The van der Waals surface area contributed by atoms with Crippen LogP contribution in [0.1, 0.15) is 11.6 Å². The summed E-state index contributed by atoms with van der Waals surface area (Å²) >= 11 is 1.26. The van der Waals surface area contributed by atoms with Crippen molar-refractivity contribution in [1.29, 1.82) is 0 Å². The Morgan fingerprint density at radius 2 is 1.94 bits per heavy atom. The molecule has 0 saturated carbocycles. The maximum Gasteiger partial charge on any atom is 0.255 e. The number of aromatic hydroxyl groups is 1. The van der Waals surface area contributed by atoms with Gasteiger partial charge in [0.05, 0.1) is 0 Å². The van der Waals surface area contributed by atoms with Crippen LogP contribution in [0.3, 0.4) is 0 Å². The second-order valence-electron chi connectivity index (χ2n) is 7.15. The first-order valence-electron chi connectivity index (χ1n) is 9.82. The summed E-state index contributed by atoms with van der Waals surface area (Å²) in [5.41, 5.74) is 2.69. The molecule has 8 heteroatoms. The van der Waals surface area contributed by atoms with Gasteiger partial charge in [0.25, 0.3) is 5.91 Å². The highest BCUT2D eigenvalue weighted by Crippen LogP contribution is 2.33. The lowest BCUT2D eigenvalue weighted by molar-refractivity contribution is -0.118. The number of benzene rings is 3. The first-order chi connectivity index (χ1) is 15.6. The summed E-state index contributed by atoms with van der Waals surface area (Å²) in [7, 11) is 0. The number of fused-ring (bicyclic) bond motifs is 1. The molecule has 0 spiro atoms. The Labute approximate surface area is 186 Å². The van der Waals surface area contributed by atoms with E-state index < -0.39 is 17.8 Å². The van der Waals surface area contributed by atoms with Gasteiger partial charge in [-0.2, -0.15) is 5.10 Å². The molecule has 1 amide bonds. The summed E-state index contributed by atoms with van der Waals surface area (Å²) in [5.74, 6) is -1.25. The average Bonchev–Trinajstić information content (AvgIpc) is 3.46. The number of phenols is 1. The van der Waals surface area contributed by atoms with Crippen LogP contribution in [0.5, 0.6) is 5.75 Å². The normalized spacial score (nSPS) is 12.0. The van der Waals surface area contributed by atoms with Crippen molar-refractivity contribution < 1.29 is 14.3 Å². The Morgan fingerprint density at radius 3 is 2.72 bits per heavy atom. The fourth-order valence-corrected chi connectivity index (χ4v) is 4.19. The van der Waals surface area contributed by atoms with Crippen molar-refractivity contribution >= 4 is 33.3 Å². The summed E-state index contributed by atoms with van der Waals surface area (Å²) in [6, 6.07) is 18.0. The number of carbonyl (C=O) groups is 1. The highest BCUT2D eigenvalue weighted by atomic mass is 32.1. The minimum absolute atomic E-state index is 0.105. The highest BCUT2D eigenvalue weighted by molar-refractivity contribution is 7.13. The third kappa shape index (κ3) is 3.72. The van der Waals surface area contributed by atoms with E-state index in [0.29, 0.717) is 10.6 Å². The van der Waals surface area contributed by atoms with Gasteiger partial charge in [0.2, 0.25) is 0 Å². The van der Waals surface area contributed by atoms with E-state index in [-0.39, 0.29) is 11.3 Å². The van der Waals surface area contributed by atoms with E-state index >= 15 is 0 Å². The molecule has 2 heterocycles. The third-order valence-corrected chi connectivity index (χ3v) is 5.79. The summed E-state index contributed by atoms with van der Waals surface area (Å²) in [5, 5.41) is 20.8. The molecule has 3 aromatic carbocycles. The van der Waals surface area contributed by atoms with Crippen LogP contribution in [-0.4, -0.2) is 25.8 Å². The van der Waals surface area contributed by atoms with Gasteiger partial charge in [0.1, 0.15) is 17.1 Å². The smallest absolute Gasteiger partial charge is 0.255 e. The summed E-state index contributed by atoms with van der Waals surface area (Å²) < 4.78 is 15.5. The lowest BCUT2D eigenvalue weighted by Crippen LogP contribution is -2.27. The zero-order valence-electron chi connectivity index (χ0n) is 16.6. The van der Waals surface area contributed by atoms with Crippen LogP contribution in [0.25, 0.3) is 22.0 Å². The average molecular weight is 444 g/mol. The van der Waals surface area contributed by atoms with Crippen LogP contribution in [0, 0.1) is 5.82 Å². The lowest BCUT2D eigenvalue weighted by Gasteiger charge is -2.18. The number of phenolic OH excluding ortho intramolecular Hbond substituents is 1. The van der Waals surface area contributed by atoms with E-state index in [4.69, 9.17) is 5.10 Å². The fourth-order valence-electron chi connectivity index (χ4n) is 3.65. The second kappa shape index (κ2) is 8.24. The van der Waals surface area contributed by atoms with Gasteiger partial charge in [-0.25, -0.2) is 9.37 Å². The molecular formula is C24H17FN4O2S. The number of rotatable bonds is 5. The molecule has 32 heavy (non-hydrogen) atoms. The van der Waals surface area contributed by atoms with E-state index in [0.717, 1.165) is 28.6 Å². The van der Waals surface area contributed by atoms with Crippen molar-refractivity contribution in [3.8, 4) is 16.9 Å². The zero-order chi connectivity index (χ0) is 22.1. The Balaban J connectivity index is 1.66. The molecule has 2 N–H and O–H groups in total. The standard InChI is InChI=1S/C24H17FN4O2S/c25-17-9-10-20(30)19(13-17)22(23(31)27-24-26-11-12-32-24)29-14-16-7-4-8-18(21(16)28-29)15-5-2-1-3-6-15/h1-14,22,30H,(H,26,27,31)/t22-/m1/s1. The summed E-state index contributed by atoms with van der Waals surface area (Å²) in [6.07, 6.45) is 3.29. The fraction of sp³-hybridized carbons (Fsp3) is 0.0417. The van der Waals surface area contributed by atoms with Gasteiger partial charge in [0.15, 0.2) is 11.2 Å². The first kappa shape index (κ1) is 19.9. The number of halogens is 1. The maximum atomic E-state index is 14.1. The molecule has 0 bridgehead atoms. The molecular weight excluding hydrogens is 427 g/mol. The maximum absolute atomic E-state index is 14.1. The monoisotopic (exact) mass is 444 g/mol. The number of carbonyl (C=O) groups excluding carboxylic acids is 1. The third-order valence-electron chi connectivity index (χ3n) is 5.10. The molecule has 0 fully saturated rings. The van der Waals surface area contributed by atoms with Gasteiger partial charge in [-0.1, -0.05) is 48.5 Å². The second-order valence-corrected chi connectivity index (χ2v) is 8.05. The van der Waals surface area contributed by atoms with Crippen LogP contribution in [0.4, 0.5) is 9.52 Å². The van der Waals surface area contributed by atoms with Crippen molar-refractivity contribution in [3.05, 3.63) is 95.9 Å². The van der Waals surface area contributed by atoms with E-state index in [2.05, 4.69) is 10.3 Å². The molecule has 0 aliphatic rings. The predicted molar refractivity (Wildman–Crippen MR) is 122 cm³/mol. The van der Waals surface area contributed by atoms with Crippen molar-refractivity contribution in [1.82, 2.24) is 14.8 Å². The van der Waals surface area contributed by atoms with E-state index in [1.807, 2.05) is 48.5 Å². The van der Waals surface area contributed by atoms with Crippen LogP contribution < -0.4 is 5.32 Å². The molecule has 0 radical (unpaired) electrons. The SMILES string of the molecule is O=C(Nc1nccs1)[C@@H](c1cc(F)ccc1O)n1cc2cccc(-c3ccccc3)c2n1. The molecule has 5 rings (SSSR count). The van der Waals surface area contributed by atoms with E-state index in [1.54, 1.807) is 17.8 Å². The number of thiazole rings is 1. The van der Waals surface area contributed by atoms with Gasteiger partial charge in [-0.05, 0) is 23.8 Å². The highest BCUT2D eigenvalue weighted by Gasteiger charge is 2.28. The minimum Gasteiger partial charge on any atom is -0.508 e. The number of hydrogen-bond acceptors (Lipinski definition) is 5. The Bertz CT molecular complexity index is 1400. The molecule has 158 valence electrons. The number of amides is 1.